The summed E-state index contributed by atoms with van der Waals surface area (Å²) >= 11 is 0. The van der Waals surface area contributed by atoms with Crippen molar-refractivity contribution in [3.63, 3.8) is 0 Å². The lowest BCUT2D eigenvalue weighted by Gasteiger charge is -2.41. The Balaban J connectivity index is 1.26. The fraction of sp³-hybridized carbons (Fsp3) is 0.370. The van der Waals surface area contributed by atoms with Crippen LogP contribution in [-0.4, -0.2) is 37.8 Å². The molecule has 1 fully saturated rings. The van der Waals surface area contributed by atoms with Gasteiger partial charge in [0.2, 0.25) is 0 Å². The normalized spacial score (nSPS) is 18.4. The van der Waals surface area contributed by atoms with Crippen LogP contribution < -0.4 is 10.9 Å². The molecule has 4 heterocycles. The van der Waals surface area contributed by atoms with E-state index in [9.17, 15) is 9.59 Å². The molecule has 5 rings (SSSR count). The van der Waals surface area contributed by atoms with Gasteiger partial charge >= 0.3 is 0 Å². The van der Waals surface area contributed by atoms with Gasteiger partial charge in [-0.2, -0.15) is 0 Å². The number of pyridine rings is 1. The first kappa shape index (κ1) is 22.3. The standard InChI is InChI=1S/C27H31N5O2/c1-18-15-27(2,3)9-11-31(18)17-21-13-20-8-7-19(12-22(20)29-21)16-28-26(34)23-14-25(33)32-10-5-4-6-24(32)30-23/h4-8,10,12-14,18,29H,9,11,15-17H2,1-3H3,(H,28,34). The van der Waals surface area contributed by atoms with Gasteiger partial charge in [-0.25, -0.2) is 4.98 Å². The first-order valence-electron chi connectivity index (χ1n) is 11.9. The summed E-state index contributed by atoms with van der Waals surface area (Å²) in [6, 6.07) is 15.5. The van der Waals surface area contributed by atoms with E-state index in [1.165, 1.54) is 34.4 Å². The van der Waals surface area contributed by atoms with Crippen LogP contribution in [0.5, 0.6) is 0 Å². The van der Waals surface area contributed by atoms with Gasteiger partial charge in [0.1, 0.15) is 11.3 Å². The SMILES string of the molecule is CC1CC(C)(C)CCN1Cc1cc2ccc(CNC(=O)c3cc(=O)n4ccccc4n3)cc2[nH]1. The number of hydrogen-bond acceptors (Lipinski definition) is 4. The van der Waals surface area contributed by atoms with Crippen LogP contribution in [-0.2, 0) is 13.1 Å². The molecule has 1 aliphatic rings. The Morgan fingerprint density at radius 2 is 2.06 bits per heavy atom. The second kappa shape index (κ2) is 8.72. The number of nitrogens with one attached hydrogen (secondary N) is 2. The van der Waals surface area contributed by atoms with E-state index in [2.05, 4.69) is 59.2 Å². The van der Waals surface area contributed by atoms with Gasteiger partial charge in [0.05, 0.1) is 0 Å². The van der Waals surface area contributed by atoms with Crippen molar-refractivity contribution in [3.05, 3.63) is 82.0 Å². The molecular formula is C27H31N5O2. The van der Waals surface area contributed by atoms with Gasteiger partial charge in [0.25, 0.3) is 11.5 Å². The number of likely N-dealkylation sites (tertiary alicyclic amines) is 1. The molecule has 0 aliphatic carbocycles. The zero-order valence-corrected chi connectivity index (χ0v) is 20.0. The van der Waals surface area contributed by atoms with Gasteiger partial charge in [0.15, 0.2) is 0 Å². The first-order chi connectivity index (χ1) is 16.3. The predicted molar refractivity (Wildman–Crippen MR) is 134 cm³/mol. The molecule has 0 radical (unpaired) electrons. The van der Waals surface area contributed by atoms with E-state index in [4.69, 9.17) is 0 Å². The number of piperidine rings is 1. The minimum Gasteiger partial charge on any atom is -0.357 e. The molecule has 1 amide bonds. The number of carbonyl (C=O) groups is 1. The third-order valence-electron chi connectivity index (χ3n) is 6.92. The smallest absolute Gasteiger partial charge is 0.270 e. The molecule has 1 atom stereocenters. The second-order valence-electron chi connectivity index (χ2n) is 10.2. The lowest BCUT2D eigenvalue weighted by Crippen LogP contribution is -2.43. The number of nitrogens with zero attached hydrogens (tertiary/aromatic N) is 3. The van der Waals surface area contributed by atoms with Gasteiger partial charge in [0, 0.05) is 42.6 Å². The van der Waals surface area contributed by atoms with E-state index >= 15 is 0 Å². The summed E-state index contributed by atoms with van der Waals surface area (Å²) in [6.45, 7) is 9.44. The fourth-order valence-corrected chi connectivity index (χ4v) is 5.02. The number of carbonyl (C=O) groups excluding carboxylic acids is 1. The van der Waals surface area contributed by atoms with Crippen molar-refractivity contribution in [3.8, 4) is 0 Å². The quantitative estimate of drug-likeness (QED) is 0.472. The largest absolute Gasteiger partial charge is 0.357 e. The highest BCUT2D eigenvalue weighted by molar-refractivity contribution is 5.92. The van der Waals surface area contributed by atoms with Crippen molar-refractivity contribution < 1.29 is 4.79 Å². The number of hydrogen-bond donors (Lipinski definition) is 2. The minimum atomic E-state index is -0.363. The average molecular weight is 458 g/mol. The van der Waals surface area contributed by atoms with Gasteiger partial charge in [-0.1, -0.05) is 32.0 Å². The van der Waals surface area contributed by atoms with E-state index in [-0.39, 0.29) is 17.2 Å². The summed E-state index contributed by atoms with van der Waals surface area (Å²) in [5.74, 6) is -0.363. The summed E-state index contributed by atoms with van der Waals surface area (Å²) in [7, 11) is 0. The maximum atomic E-state index is 12.6. The lowest BCUT2D eigenvalue weighted by atomic mass is 9.79. The molecule has 176 valence electrons. The van der Waals surface area contributed by atoms with Crippen LogP contribution in [0.3, 0.4) is 0 Å². The molecule has 1 aliphatic heterocycles. The van der Waals surface area contributed by atoms with E-state index < -0.39 is 0 Å². The molecule has 7 nitrogen and oxygen atoms in total. The Bertz CT molecular complexity index is 1420. The first-order valence-corrected chi connectivity index (χ1v) is 11.9. The zero-order chi connectivity index (χ0) is 23.9. The summed E-state index contributed by atoms with van der Waals surface area (Å²) in [5.41, 5.74) is 3.98. The highest BCUT2D eigenvalue weighted by Gasteiger charge is 2.30. The molecule has 0 spiro atoms. The number of amides is 1. The number of aromatic nitrogens is 3. The zero-order valence-electron chi connectivity index (χ0n) is 20.0. The van der Waals surface area contributed by atoms with Crippen molar-refractivity contribution in [1.82, 2.24) is 24.6 Å². The maximum Gasteiger partial charge on any atom is 0.270 e. The number of fused-ring (bicyclic) bond motifs is 2. The Morgan fingerprint density at radius 3 is 2.88 bits per heavy atom. The van der Waals surface area contributed by atoms with Crippen molar-refractivity contribution >= 4 is 22.5 Å². The topological polar surface area (TPSA) is 82.5 Å². The second-order valence-corrected chi connectivity index (χ2v) is 10.2. The van der Waals surface area contributed by atoms with Crippen LogP contribution in [0.1, 0.15) is 55.4 Å². The van der Waals surface area contributed by atoms with Crippen LogP contribution in [0.2, 0.25) is 0 Å². The van der Waals surface area contributed by atoms with Gasteiger partial charge in [-0.3, -0.25) is 18.9 Å². The van der Waals surface area contributed by atoms with Crippen LogP contribution in [0, 0.1) is 5.41 Å². The molecule has 4 aromatic rings. The molecule has 7 heteroatoms. The van der Waals surface area contributed by atoms with Crippen LogP contribution in [0.25, 0.3) is 16.6 Å². The Kier molecular flexibility index (Phi) is 5.73. The molecule has 1 unspecified atom stereocenters. The van der Waals surface area contributed by atoms with Crippen molar-refractivity contribution in [1.29, 1.82) is 0 Å². The highest BCUT2D eigenvalue weighted by Crippen LogP contribution is 2.34. The monoisotopic (exact) mass is 457 g/mol. The van der Waals surface area contributed by atoms with Gasteiger partial charge in [-0.15, -0.1) is 0 Å². The third kappa shape index (κ3) is 4.61. The number of rotatable bonds is 5. The lowest BCUT2D eigenvalue weighted by molar-refractivity contribution is 0.0733. The Labute approximate surface area is 198 Å². The van der Waals surface area contributed by atoms with E-state index in [0.717, 1.165) is 24.2 Å². The van der Waals surface area contributed by atoms with Gasteiger partial charge in [-0.05, 0) is 66.9 Å². The van der Waals surface area contributed by atoms with Crippen molar-refractivity contribution in [2.24, 2.45) is 5.41 Å². The van der Waals surface area contributed by atoms with E-state index in [0.29, 0.717) is 23.6 Å². The molecule has 1 aromatic carbocycles. The van der Waals surface area contributed by atoms with Crippen LogP contribution in [0.15, 0.2) is 59.5 Å². The van der Waals surface area contributed by atoms with Crippen molar-refractivity contribution in [2.45, 2.75) is 52.7 Å². The molecule has 0 bridgehead atoms. The maximum absolute atomic E-state index is 12.6. The Hall–Kier alpha value is -3.45. The Morgan fingerprint density at radius 1 is 1.21 bits per heavy atom. The van der Waals surface area contributed by atoms with Crippen LogP contribution in [0.4, 0.5) is 0 Å². The summed E-state index contributed by atoms with van der Waals surface area (Å²) in [6.07, 6.45) is 4.08. The van der Waals surface area contributed by atoms with E-state index in [1.807, 2.05) is 6.07 Å². The summed E-state index contributed by atoms with van der Waals surface area (Å²) in [4.78, 5) is 35.3. The number of H-pyrrole nitrogens is 1. The minimum absolute atomic E-state index is 0.123. The molecule has 2 N–H and O–H groups in total. The predicted octanol–water partition coefficient (Wildman–Crippen LogP) is 4.12. The fourth-order valence-electron chi connectivity index (χ4n) is 5.02. The molecular weight excluding hydrogens is 426 g/mol. The molecule has 34 heavy (non-hydrogen) atoms. The van der Waals surface area contributed by atoms with E-state index in [1.54, 1.807) is 24.4 Å². The number of aromatic amines is 1. The average Bonchev–Trinajstić information content (AvgIpc) is 3.20. The summed E-state index contributed by atoms with van der Waals surface area (Å²) < 4.78 is 1.42. The molecule has 0 saturated carbocycles. The van der Waals surface area contributed by atoms with Crippen molar-refractivity contribution in [2.75, 3.05) is 6.54 Å². The van der Waals surface area contributed by atoms with Gasteiger partial charge < -0.3 is 10.3 Å². The highest BCUT2D eigenvalue weighted by atomic mass is 16.2. The molecule has 3 aromatic heterocycles. The number of benzene rings is 1. The van der Waals surface area contributed by atoms with Crippen LogP contribution >= 0.6 is 0 Å². The summed E-state index contributed by atoms with van der Waals surface area (Å²) in [5, 5.41) is 4.05. The third-order valence-corrected chi connectivity index (χ3v) is 6.92. The molecule has 1 saturated heterocycles.